The summed E-state index contributed by atoms with van der Waals surface area (Å²) in [5.41, 5.74) is 0. The van der Waals surface area contributed by atoms with Crippen molar-refractivity contribution in [3.8, 4) is 0 Å². The molecular weight excluding hydrogens is 356 g/mol. The molecule has 1 saturated heterocycles. The van der Waals surface area contributed by atoms with E-state index in [2.05, 4.69) is 15.9 Å². The first-order valence-electron chi connectivity index (χ1n) is 6.87. The van der Waals surface area contributed by atoms with Crippen molar-refractivity contribution >= 4 is 39.1 Å². The van der Waals surface area contributed by atoms with Crippen molar-refractivity contribution in [1.82, 2.24) is 9.80 Å². The third-order valence-corrected chi connectivity index (χ3v) is 5.12. The maximum absolute atomic E-state index is 12.4. The number of carbonyl (C=O) groups is 2. The van der Waals surface area contributed by atoms with E-state index in [1.807, 2.05) is 13.0 Å². The van der Waals surface area contributed by atoms with Crippen molar-refractivity contribution in [2.45, 2.75) is 19.4 Å². The normalized spacial score (nSPS) is 19.2. The molecule has 1 aliphatic rings. The van der Waals surface area contributed by atoms with Crippen molar-refractivity contribution in [3.05, 3.63) is 20.8 Å². The zero-order chi connectivity index (χ0) is 15.4. The maximum Gasteiger partial charge on any atom is 0.264 e. The molecule has 0 aliphatic carbocycles. The summed E-state index contributed by atoms with van der Waals surface area (Å²) in [6.45, 7) is 3.95. The van der Waals surface area contributed by atoms with Gasteiger partial charge < -0.3 is 14.5 Å². The zero-order valence-electron chi connectivity index (χ0n) is 12.2. The average molecular weight is 375 g/mol. The Hall–Kier alpha value is -0.920. The number of likely N-dealkylation sites (N-methyl/N-ethyl adjacent to an activating group) is 1. The maximum atomic E-state index is 12.4. The van der Waals surface area contributed by atoms with Crippen LogP contribution in [0.1, 0.15) is 23.0 Å². The Bertz CT molecular complexity index is 520. The molecule has 7 heteroatoms. The largest absolute Gasteiger partial charge is 0.380 e. The predicted molar refractivity (Wildman–Crippen MR) is 85.6 cm³/mol. The van der Waals surface area contributed by atoms with Gasteiger partial charge in [0, 0.05) is 26.2 Å². The Balaban J connectivity index is 1.96. The predicted octanol–water partition coefficient (Wildman–Crippen LogP) is 2.22. The van der Waals surface area contributed by atoms with Gasteiger partial charge in [0.25, 0.3) is 5.91 Å². The molecule has 0 unspecified atom stereocenters. The van der Waals surface area contributed by atoms with E-state index in [9.17, 15) is 9.59 Å². The van der Waals surface area contributed by atoms with Crippen LogP contribution in [-0.2, 0) is 9.53 Å². The van der Waals surface area contributed by atoms with Gasteiger partial charge in [0.05, 0.1) is 21.8 Å². The monoisotopic (exact) mass is 374 g/mol. The second-order valence-corrected chi connectivity index (χ2v) is 7.57. The highest BCUT2D eigenvalue weighted by atomic mass is 79.9. The van der Waals surface area contributed by atoms with Crippen LogP contribution >= 0.6 is 27.3 Å². The van der Waals surface area contributed by atoms with Gasteiger partial charge in [-0.2, -0.15) is 0 Å². The molecule has 1 fully saturated rings. The lowest BCUT2D eigenvalue weighted by molar-refractivity contribution is -0.133. The second kappa shape index (κ2) is 7.38. The van der Waals surface area contributed by atoms with Crippen LogP contribution in [0.4, 0.5) is 0 Å². The van der Waals surface area contributed by atoms with Crippen molar-refractivity contribution in [1.29, 1.82) is 0 Å². The van der Waals surface area contributed by atoms with Crippen LogP contribution in [0.25, 0.3) is 0 Å². The minimum Gasteiger partial charge on any atom is -0.380 e. The molecule has 1 atom stereocenters. The van der Waals surface area contributed by atoms with Crippen molar-refractivity contribution < 1.29 is 14.3 Å². The molecule has 0 radical (unpaired) electrons. The minimum absolute atomic E-state index is 0.0283. The number of amides is 2. The molecule has 0 aromatic carbocycles. The van der Waals surface area contributed by atoms with Crippen molar-refractivity contribution in [2.24, 2.45) is 0 Å². The highest BCUT2D eigenvalue weighted by Gasteiger charge is 2.25. The average Bonchev–Trinajstić information content (AvgIpc) is 2.75. The third-order valence-electron chi connectivity index (χ3n) is 3.51. The minimum atomic E-state index is -0.127. The number of hydrogen-bond donors (Lipinski definition) is 0. The summed E-state index contributed by atoms with van der Waals surface area (Å²) in [6, 6.07) is 3.75. The van der Waals surface area contributed by atoms with Crippen LogP contribution in [0.15, 0.2) is 15.9 Å². The SMILES string of the molecule is C[C@@H]1CCOCCN1C(=O)CN(C)C(=O)c1ccc(Br)s1. The van der Waals surface area contributed by atoms with Crippen LogP contribution < -0.4 is 0 Å². The summed E-state index contributed by atoms with van der Waals surface area (Å²) in [4.78, 5) is 28.5. The Morgan fingerprint density at radius 2 is 2.24 bits per heavy atom. The summed E-state index contributed by atoms with van der Waals surface area (Å²) in [5, 5.41) is 0. The van der Waals surface area contributed by atoms with Crippen LogP contribution in [0.3, 0.4) is 0 Å². The van der Waals surface area contributed by atoms with Crippen molar-refractivity contribution in [2.75, 3.05) is 33.4 Å². The molecular formula is C14H19BrN2O3S. The molecule has 116 valence electrons. The molecule has 5 nitrogen and oxygen atoms in total. The van der Waals surface area contributed by atoms with E-state index < -0.39 is 0 Å². The lowest BCUT2D eigenvalue weighted by Gasteiger charge is -2.28. The molecule has 21 heavy (non-hydrogen) atoms. The van der Waals surface area contributed by atoms with E-state index in [0.717, 1.165) is 10.2 Å². The van der Waals surface area contributed by atoms with Gasteiger partial charge in [-0.05, 0) is 41.4 Å². The molecule has 0 bridgehead atoms. The number of ether oxygens (including phenoxy) is 1. The molecule has 2 rings (SSSR count). The van der Waals surface area contributed by atoms with E-state index in [1.165, 1.54) is 16.2 Å². The molecule has 0 N–H and O–H groups in total. The number of thiophene rings is 1. The third kappa shape index (κ3) is 4.28. The summed E-state index contributed by atoms with van der Waals surface area (Å²) >= 11 is 4.71. The van der Waals surface area contributed by atoms with Gasteiger partial charge in [0.15, 0.2) is 0 Å². The summed E-state index contributed by atoms with van der Waals surface area (Å²) in [6.07, 6.45) is 0.835. The van der Waals surface area contributed by atoms with Gasteiger partial charge in [-0.15, -0.1) is 11.3 Å². The molecule has 1 aliphatic heterocycles. The smallest absolute Gasteiger partial charge is 0.264 e. The van der Waals surface area contributed by atoms with Crippen LogP contribution in [0.2, 0.25) is 0 Å². The first kappa shape index (κ1) is 16.5. The highest BCUT2D eigenvalue weighted by Crippen LogP contribution is 2.23. The number of halogens is 1. The first-order chi connectivity index (χ1) is 9.99. The van der Waals surface area contributed by atoms with Gasteiger partial charge in [-0.25, -0.2) is 0 Å². The molecule has 2 amide bonds. The fourth-order valence-electron chi connectivity index (χ4n) is 2.25. The number of carbonyl (C=O) groups excluding carboxylic acids is 2. The van der Waals surface area contributed by atoms with Crippen LogP contribution in [-0.4, -0.2) is 61.0 Å². The Kier molecular flexibility index (Phi) is 5.78. The fraction of sp³-hybridized carbons (Fsp3) is 0.571. The van der Waals surface area contributed by atoms with E-state index in [1.54, 1.807) is 18.0 Å². The quantitative estimate of drug-likeness (QED) is 0.814. The summed E-state index contributed by atoms with van der Waals surface area (Å²) < 4.78 is 6.30. The Morgan fingerprint density at radius 1 is 1.48 bits per heavy atom. The topological polar surface area (TPSA) is 49.9 Å². The Labute approximate surface area is 137 Å². The lowest BCUT2D eigenvalue weighted by atomic mass is 10.2. The number of hydrogen-bond acceptors (Lipinski definition) is 4. The highest BCUT2D eigenvalue weighted by molar-refractivity contribution is 9.11. The molecule has 0 spiro atoms. The zero-order valence-corrected chi connectivity index (χ0v) is 14.6. The standard InChI is InChI=1S/C14H19BrN2O3S/c1-10-5-7-20-8-6-17(10)13(18)9-16(2)14(19)11-3-4-12(15)21-11/h3-4,10H,5-9H2,1-2H3/t10-/m1/s1. The van der Waals surface area contributed by atoms with Crippen LogP contribution in [0.5, 0.6) is 0 Å². The van der Waals surface area contributed by atoms with Gasteiger partial charge in [0.1, 0.15) is 0 Å². The summed E-state index contributed by atoms with van der Waals surface area (Å²) in [7, 11) is 1.66. The number of nitrogens with zero attached hydrogens (tertiary/aromatic N) is 2. The van der Waals surface area contributed by atoms with Gasteiger partial charge in [0.2, 0.25) is 5.91 Å². The van der Waals surface area contributed by atoms with Gasteiger partial charge >= 0.3 is 0 Å². The lowest BCUT2D eigenvalue weighted by Crippen LogP contribution is -2.45. The molecule has 2 heterocycles. The number of rotatable bonds is 3. The van der Waals surface area contributed by atoms with E-state index in [4.69, 9.17) is 4.74 Å². The fourth-order valence-corrected chi connectivity index (χ4v) is 3.63. The molecule has 1 aromatic rings. The van der Waals surface area contributed by atoms with Gasteiger partial charge in [-0.1, -0.05) is 0 Å². The summed E-state index contributed by atoms with van der Waals surface area (Å²) in [5.74, 6) is -0.155. The van der Waals surface area contributed by atoms with E-state index in [-0.39, 0.29) is 24.4 Å². The van der Waals surface area contributed by atoms with Gasteiger partial charge in [-0.3, -0.25) is 9.59 Å². The van der Waals surface area contributed by atoms with Crippen LogP contribution in [0, 0.1) is 0 Å². The second-order valence-electron chi connectivity index (χ2n) is 5.10. The first-order valence-corrected chi connectivity index (χ1v) is 8.48. The Morgan fingerprint density at radius 3 is 2.90 bits per heavy atom. The van der Waals surface area contributed by atoms with Crippen molar-refractivity contribution in [3.63, 3.8) is 0 Å². The van der Waals surface area contributed by atoms with E-state index >= 15 is 0 Å². The van der Waals surface area contributed by atoms with E-state index in [0.29, 0.717) is 24.6 Å². The molecule has 0 saturated carbocycles. The molecule has 1 aromatic heterocycles.